The first-order valence-electron chi connectivity index (χ1n) is 7.33. The van der Waals surface area contributed by atoms with Crippen molar-refractivity contribution >= 4 is 23.5 Å². The van der Waals surface area contributed by atoms with Crippen molar-refractivity contribution in [3.05, 3.63) is 17.4 Å². The fraction of sp³-hybridized carbons (Fsp3) is 0.643. The van der Waals surface area contributed by atoms with Gasteiger partial charge in [0.2, 0.25) is 11.9 Å². The van der Waals surface area contributed by atoms with Crippen LogP contribution in [0.1, 0.15) is 13.3 Å². The zero-order valence-corrected chi connectivity index (χ0v) is 13.4. The zero-order chi connectivity index (χ0) is 15.9. The summed E-state index contributed by atoms with van der Waals surface area (Å²) in [5.74, 6) is 0.707. The van der Waals surface area contributed by atoms with Crippen LogP contribution in [-0.2, 0) is 9.53 Å². The van der Waals surface area contributed by atoms with Gasteiger partial charge in [-0.15, -0.1) is 0 Å². The molecule has 22 heavy (non-hydrogen) atoms. The third kappa shape index (κ3) is 4.79. The minimum atomic E-state index is -0.230. The topological polar surface area (TPSA) is 78.8 Å². The lowest BCUT2D eigenvalue weighted by molar-refractivity contribution is -0.133. The molecule has 7 nitrogen and oxygen atoms in total. The summed E-state index contributed by atoms with van der Waals surface area (Å²) in [6.45, 7) is 4.74. The van der Waals surface area contributed by atoms with Crippen LogP contribution < -0.4 is 4.90 Å². The number of amides is 1. The fourth-order valence-electron chi connectivity index (χ4n) is 2.18. The Morgan fingerprint density at radius 1 is 1.36 bits per heavy atom. The van der Waals surface area contributed by atoms with E-state index in [0.717, 1.165) is 0 Å². The quantitative estimate of drug-likeness (QED) is 0.822. The molecule has 1 aliphatic rings. The van der Waals surface area contributed by atoms with E-state index in [1.54, 1.807) is 19.3 Å². The second-order valence-electron chi connectivity index (χ2n) is 5.18. The number of aliphatic hydroxyl groups excluding tert-OH is 1. The Morgan fingerprint density at radius 3 is 2.59 bits per heavy atom. The highest BCUT2D eigenvalue weighted by Crippen LogP contribution is 2.13. The van der Waals surface area contributed by atoms with Crippen LogP contribution >= 0.6 is 11.6 Å². The molecule has 0 saturated carbocycles. The van der Waals surface area contributed by atoms with Crippen LogP contribution in [0.15, 0.2) is 12.4 Å². The summed E-state index contributed by atoms with van der Waals surface area (Å²) in [7, 11) is 0. The van der Waals surface area contributed by atoms with E-state index in [9.17, 15) is 4.79 Å². The van der Waals surface area contributed by atoms with Crippen LogP contribution in [-0.4, -0.2) is 71.4 Å². The molecule has 1 amide bonds. The number of nitrogens with zero attached hydrogens (tertiary/aromatic N) is 4. The summed E-state index contributed by atoms with van der Waals surface area (Å²) < 4.78 is 5.31. The molecule has 1 atom stereocenters. The summed E-state index contributed by atoms with van der Waals surface area (Å²) >= 11 is 5.77. The third-order valence-electron chi connectivity index (χ3n) is 3.50. The number of ether oxygens (including phenoxy) is 1. The van der Waals surface area contributed by atoms with Gasteiger partial charge in [0.25, 0.3) is 0 Å². The number of aliphatic hydroxyl groups is 1. The van der Waals surface area contributed by atoms with Crippen molar-refractivity contribution in [2.45, 2.75) is 19.4 Å². The average molecular weight is 329 g/mol. The highest BCUT2D eigenvalue weighted by atomic mass is 35.5. The van der Waals surface area contributed by atoms with E-state index < -0.39 is 0 Å². The van der Waals surface area contributed by atoms with Crippen molar-refractivity contribution in [3.8, 4) is 0 Å². The maximum Gasteiger partial charge on any atom is 0.225 e. The minimum absolute atomic E-state index is 0.0338. The fourth-order valence-corrected chi connectivity index (χ4v) is 2.28. The van der Waals surface area contributed by atoms with Crippen molar-refractivity contribution in [1.82, 2.24) is 14.9 Å². The number of anilines is 1. The Bertz CT molecular complexity index is 477. The van der Waals surface area contributed by atoms with Crippen molar-refractivity contribution in [2.75, 3.05) is 44.3 Å². The summed E-state index contributed by atoms with van der Waals surface area (Å²) in [6, 6.07) is 0. The molecule has 1 fully saturated rings. The molecule has 1 aromatic rings. The van der Waals surface area contributed by atoms with Crippen LogP contribution in [0.4, 0.5) is 5.95 Å². The van der Waals surface area contributed by atoms with Crippen LogP contribution in [0.2, 0.25) is 5.02 Å². The van der Waals surface area contributed by atoms with E-state index in [1.807, 2.05) is 9.80 Å². The van der Waals surface area contributed by atoms with Gasteiger partial charge in [0.05, 0.1) is 43.2 Å². The standard InChI is InChI=1S/C14H21ClN4O3/c1-11(10-20)22-7-2-13(21)18-3-5-19(6-4-18)14-16-8-12(15)9-17-14/h8-9,11,20H,2-7,10H2,1H3. The Hall–Kier alpha value is -1.44. The predicted octanol–water partition coefficient (Wildman–Crippen LogP) is 0.566. The molecule has 8 heteroatoms. The molecular formula is C14H21ClN4O3. The van der Waals surface area contributed by atoms with Gasteiger partial charge in [0, 0.05) is 26.2 Å². The molecule has 1 N–H and O–H groups in total. The minimum Gasteiger partial charge on any atom is -0.394 e. The molecule has 1 aromatic heterocycles. The maximum absolute atomic E-state index is 12.1. The monoisotopic (exact) mass is 328 g/mol. The van der Waals surface area contributed by atoms with Gasteiger partial charge in [-0.2, -0.15) is 0 Å². The van der Waals surface area contributed by atoms with Crippen molar-refractivity contribution < 1.29 is 14.6 Å². The summed E-state index contributed by atoms with van der Waals surface area (Å²) in [4.78, 5) is 24.3. The maximum atomic E-state index is 12.1. The Balaban J connectivity index is 1.74. The molecule has 2 rings (SSSR count). The molecular weight excluding hydrogens is 308 g/mol. The highest BCUT2D eigenvalue weighted by Gasteiger charge is 2.22. The van der Waals surface area contributed by atoms with Crippen molar-refractivity contribution in [2.24, 2.45) is 0 Å². The van der Waals surface area contributed by atoms with E-state index in [1.165, 1.54) is 0 Å². The molecule has 1 saturated heterocycles. The first-order valence-corrected chi connectivity index (χ1v) is 7.70. The summed E-state index contributed by atoms with van der Waals surface area (Å²) in [5, 5.41) is 9.37. The predicted molar refractivity (Wildman–Crippen MR) is 83.0 cm³/mol. The van der Waals surface area contributed by atoms with Crippen molar-refractivity contribution in [3.63, 3.8) is 0 Å². The van der Waals surface area contributed by atoms with Crippen LogP contribution in [0, 0.1) is 0 Å². The smallest absolute Gasteiger partial charge is 0.225 e. The normalized spacial score (nSPS) is 16.7. The number of rotatable bonds is 6. The van der Waals surface area contributed by atoms with Crippen molar-refractivity contribution in [1.29, 1.82) is 0 Å². The lowest BCUT2D eigenvalue weighted by Gasteiger charge is -2.34. The molecule has 0 radical (unpaired) electrons. The number of halogens is 1. The second kappa shape index (κ2) is 8.26. The zero-order valence-electron chi connectivity index (χ0n) is 12.6. The van der Waals surface area contributed by atoms with Gasteiger partial charge in [-0.3, -0.25) is 4.79 Å². The molecule has 0 bridgehead atoms. The van der Waals surface area contributed by atoms with Gasteiger partial charge in [-0.25, -0.2) is 9.97 Å². The first-order chi connectivity index (χ1) is 10.6. The number of hydrogen-bond donors (Lipinski definition) is 1. The van der Waals surface area contributed by atoms with Crippen LogP contribution in [0.5, 0.6) is 0 Å². The second-order valence-corrected chi connectivity index (χ2v) is 5.62. The van der Waals surface area contributed by atoms with Gasteiger partial charge in [-0.1, -0.05) is 11.6 Å². The lowest BCUT2D eigenvalue weighted by atomic mass is 10.3. The number of aromatic nitrogens is 2. The number of hydrogen-bond acceptors (Lipinski definition) is 6. The molecule has 1 aliphatic heterocycles. The summed E-state index contributed by atoms with van der Waals surface area (Å²) in [6.07, 6.45) is 3.25. The molecule has 122 valence electrons. The van der Waals surface area contributed by atoms with E-state index in [2.05, 4.69) is 9.97 Å². The van der Waals surface area contributed by atoms with Gasteiger partial charge in [0.15, 0.2) is 0 Å². The van der Waals surface area contributed by atoms with E-state index in [4.69, 9.17) is 21.4 Å². The summed E-state index contributed by atoms with van der Waals surface area (Å²) in [5.41, 5.74) is 0. The average Bonchev–Trinajstić information content (AvgIpc) is 2.55. The Labute approximate surface area is 134 Å². The SMILES string of the molecule is CC(CO)OCCC(=O)N1CCN(c2ncc(Cl)cn2)CC1. The Kier molecular flexibility index (Phi) is 6.35. The van der Waals surface area contributed by atoms with E-state index in [0.29, 0.717) is 50.2 Å². The first kappa shape index (κ1) is 16.9. The molecule has 1 unspecified atom stereocenters. The van der Waals surface area contributed by atoms with Gasteiger partial charge in [-0.05, 0) is 6.92 Å². The lowest BCUT2D eigenvalue weighted by Crippen LogP contribution is -2.49. The molecule has 0 aromatic carbocycles. The molecule has 0 aliphatic carbocycles. The van der Waals surface area contributed by atoms with Crippen LogP contribution in [0.25, 0.3) is 0 Å². The van der Waals surface area contributed by atoms with Gasteiger partial charge in [0.1, 0.15) is 0 Å². The highest BCUT2D eigenvalue weighted by molar-refractivity contribution is 6.30. The largest absolute Gasteiger partial charge is 0.394 e. The molecule has 2 heterocycles. The van der Waals surface area contributed by atoms with E-state index in [-0.39, 0.29) is 18.6 Å². The number of piperazine rings is 1. The number of carbonyl (C=O) groups is 1. The number of carbonyl (C=O) groups excluding carboxylic acids is 1. The Morgan fingerprint density at radius 2 is 2.00 bits per heavy atom. The van der Waals surface area contributed by atoms with Crippen LogP contribution in [0.3, 0.4) is 0 Å². The van der Waals surface area contributed by atoms with E-state index >= 15 is 0 Å². The van der Waals surface area contributed by atoms with Gasteiger partial charge < -0.3 is 19.6 Å². The third-order valence-corrected chi connectivity index (χ3v) is 3.69. The molecule has 0 spiro atoms. The van der Waals surface area contributed by atoms with Gasteiger partial charge >= 0.3 is 0 Å².